The summed E-state index contributed by atoms with van der Waals surface area (Å²) in [5, 5.41) is 2.89. The van der Waals surface area contributed by atoms with Crippen LogP contribution in [-0.4, -0.2) is 64.9 Å². The van der Waals surface area contributed by atoms with Crippen LogP contribution in [0.5, 0.6) is 0 Å². The number of anilines is 2. The Kier molecular flexibility index (Phi) is 8.65. The van der Waals surface area contributed by atoms with Crippen molar-refractivity contribution in [3.63, 3.8) is 0 Å². The van der Waals surface area contributed by atoms with Crippen LogP contribution in [-0.2, 0) is 34.4 Å². The third-order valence-corrected chi connectivity index (χ3v) is 8.09. The van der Waals surface area contributed by atoms with E-state index in [9.17, 15) is 26.4 Å². The zero-order chi connectivity index (χ0) is 26.7. The molecule has 1 aromatic rings. The Balaban J connectivity index is 1.83. The monoisotopic (exact) mass is 542 g/mol. The normalized spacial score (nSPS) is 20.8. The van der Waals surface area contributed by atoms with Crippen molar-refractivity contribution in [2.75, 3.05) is 29.4 Å². The molecule has 2 N–H and O–H groups in total. The van der Waals surface area contributed by atoms with Crippen molar-refractivity contribution >= 4 is 49.1 Å². The Labute approximate surface area is 212 Å². The van der Waals surface area contributed by atoms with Gasteiger partial charge in [0.2, 0.25) is 15.9 Å². The highest BCUT2D eigenvalue weighted by Crippen LogP contribution is 2.33. The number of nitrogens with zero attached hydrogens (tertiary/aromatic N) is 2. The molecule has 36 heavy (non-hydrogen) atoms. The lowest BCUT2D eigenvalue weighted by atomic mass is 10.00. The van der Waals surface area contributed by atoms with E-state index in [0.717, 1.165) is 19.1 Å². The van der Waals surface area contributed by atoms with Gasteiger partial charge in [-0.3, -0.25) is 14.3 Å². The van der Waals surface area contributed by atoms with Crippen LogP contribution in [0, 0.1) is 11.8 Å². The Morgan fingerprint density at radius 3 is 2.64 bits per heavy atom. The first kappa shape index (κ1) is 27.9. The van der Waals surface area contributed by atoms with Crippen molar-refractivity contribution in [3.8, 4) is 0 Å². The maximum absolute atomic E-state index is 13.5. The second-order valence-electron chi connectivity index (χ2n) is 9.53. The van der Waals surface area contributed by atoms with E-state index in [1.807, 2.05) is 13.8 Å². The van der Waals surface area contributed by atoms with Gasteiger partial charge in [-0.15, -0.1) is 4.40 Å². The van der Waals surface area contributed by atoms with E-state index in [1.54, 1.807) is 11.8 Å². The van der Waals surface area contributed by atoms with Crippen molar-refractivity contribution in [2.24, 2.45) is 16.2 Å². The molecule has 0 unspecified atom stereocenters. The fourth-order valence-corrected chi connectivity index (χ4v) is 6.25. The molecule has 13 heteroatoms. The smallest absolute Gasteiger partial charge is 0.311 e. The molecule has 1 aliphatic heterocycles. The lowest BCUT2D eigenvalue weighted by Gasteiger charge is -2.33. The molecular formula is C23H34N4O7S2. The molecule has 0 saturated heterocycles. The van der Waals surface area contributed by atoms with E-state index in [2.05, 4.69) is 14.4 Å². The molecule has 11 nitrogen and oxygen atoms in total. The minimum absolute atomic E-state index is 0.0310. The number of esters is 1. The second-order valence-corrected chi connectivity index (χ2v) is 12.8. The Hall–Kier alpha value is -2.67. The van der Waals surface area contributed by atoms with Crippen molar-refractivity contribution < 1.29 is 31.2 Å². The number of hydrogen-bond donors (Lipinski definition) is 2. The number of rotatable bonds is 10. The van der Waals surface area contributed by atoms with Crippen molar-refractivity contribution in [2.45, 2.75) is 63.8 Å². The molecule has 1 heterocycles. The van der Waals surface area contributed by atoms with Gasteiger partial charge in [0.15, 0.2) is 0 Å². The van der Waals surface area contributed by atoms with E-state index in [1.165, 1.54) is 18.2 Å². The molecule has 2 aliphatic rings. The molecule has 1 saturated carbocycles. The third kappa shape index (κ3) is 6.96. The molecule has 1 aromatic carbocycles. The fourth-order valence-electron chi connectivity index (χ4n) is 4.52. The SMILES string of the molecule is CCOC(=O)[C@@H]1CCC[C@@H]1N(CCC(C)C)C(=O)CC1=NS(=O)(=O)c2cc(NS(C)(=O)=O)ccc2N1. The molecule has 3 rings (SSSR count). The van der Waals surface area contributed by atoms with Gasteiger partial charge >= 0.3 is 5.97 Å². The van der Waals surface area contributed by atoms with Crippen LogP contribution in [0.1, 0.15) is 52.9 Å². The molecule has 0 aromatic heterocycles. The number of carbonyl (C=O) groups is 2. The molecule has 0 radical (unpaired) electrons. The summed E-state index contributed by atoms with van der Waals surface area (Å²) in [6, 6.07) is 3.71. The summed E-state index contributed by atoms with van der Waals surface area (Å²) < 4.78 is 59.9. The highest BCUT2D eigenvalue weighted by atomic mass is 32.2. The lowest BCUT2D eigenvalue weighted by Crippen LogP contribution is -2.46. The molecule has 0 spiro atoms. The molecule has 1 aliphatic carbocycles. The first-order chi connectivity index (χ1) is 16.8. The van der Waals surface area contributed by atoms with Gasteiger partial charge in [-0.1, -0.05) is 20.3 Å². The number of carbonyl (C=O) groups excluding carboxylic acids is 2. The first-order valence-electron chi connectivity index (χ1n) is 12.0. The molecule has 0 bridgehead atoms. The molecular weight excluding hydrogens is 508 g/mol. The summed E-state index contributed by atoms with van der Waals surface area (Å²) in [4.78, 5) is 27.5. The Bertz CT molecular complexity index is 1240. The topological polar surface area (TPSA) is 151 Å². The van der Waals surface area contributed by atoms with Gasteiger partial charge in [0, 0.05) is 18.3 Å². The molecule has 1 amide bonds. The summed E-state index contributed by atoms with van der Waals surface area (Å²) in [5.74, 6) is -0.749. The summed E-state index contributed by atoms with van der Waals surface area (Å²) in [6.45, 7) is 6.54. The maximum atomic E-state index is 13.5. The number of hydrogen-bond acceptors (Lipinski definition) is 8. The summed E-state index contributed by atoms with van der Waals surface area (Å²) in [5.41, 5.74) is 0.285. The quantitative estimate of drug-likeness (QED) is 0.428. The van der Waals surface area contributed by atoms with Crippen LogP contribution in [0.2, 0.25) is 0 Å². The van der Waals surface area contributed by atoms with Gasteiger partial charge in [-0.25, -0.2) is 8.42 Å². The van der Waals surface area contributed by atoms with Gasteiger partial charge in [-0.2, -0.15) is 8.42 Å². The summed E-state index contributed by atoms with van der Waals surface area (Å²) in [7, 11) is -7.77. The summed E-state index contributed by atoms with van der Waals surface area (Å²) in [6.07, 6.45) is 3.51. The predicted molar refractivity (Wildman–Crippen MR) is 137 cm³/mol. The third-order valence-electron chi connectivity index (χ3n) is 6.13. The van der Waals surface area contributed by atoms with E-state index in [0.29, 0.717) is 25.3 Å². The number of sulfonamides is 2. The highest BCUT2D eigenvalue weighted by molar-refractivity contribution is 7.92. The average molecular weight is 543 g/mol. The van der Waals surface area contributed by atoms with Crippen molar-refractivity contribution in [1.29, 1.82) is 0 Å². The minimum atomic E-state index is -4.17. The van der Waals surface area contributed by atoms with Crippen LogP contribution in [0.15, 0.2) is 27.5 Å². The maximum Gasteiger partial charge on any atom is 0.311 e. The number of fused-ring (bicyclic) bond motifs is 1. The second kappa shape index (κ2) is 11.2. The Morgan fingerprint density at radius 2 is 2.00 bits per heavy atom. The average Bonchev–Trinajstić information content (AvgIpc) is 3.22. The van der Waals surface area contributed by atoms with E-state index in [-0.39, 0.29) is 53.1 Å². The van der Waals surface area contributed by atoms with Crippen LogP contribution < -0.4 is 10.0 Å². The lowest BCUT2D eigenvalue weighted by molar-refractivity contribution is -0.151. The molecule has 2 atom stereocenters. The van der Waals surface area contributed by atoms with E-state index < -0.39 is 26.0 Å². The zero-order valence-corrected chi connectivity index (χ0v) is 22.6. The molecule has 1 fully saturated rings. The van der Waals surface area contributed by atoms with Gasteiger partial charge in [0.1, 0.15) is 10.7 Å². The van der Waals surface area contributed by atoms with E-state index in [4.69, 9.17) is 4.74 Å². The van der Waals surface area contributed by atoms with Crippen LogP contribution in [0.3, 0.4) is 0 Å². The number of amidine groups is 1. The van der Waals surface area contributed by atoms with Gasteiger partial charge in [-0.05, 0) is 50.3 Å². The van der Waals surface area contributed by atoms with Gasteiger partial charge in [0.05, 0.1) is 30.9 Å². The largest absolute Gasteiger partial charge is 0.466 e. The Morgan fingerprint density at radius 1 is 1.28 bits per heavy atom. The number of nitrogens with one attached hydrogen (secondary N) is 2. The number of amides is 1. The van der Waals surface area contributed by atoms with Crippen molar-refractivity contribution in [1.82, 2.24) is 4.90 Å². The summed E-state index contributed by atoms with van der Waals surface area (Å²) >= 11 is 0. The van der Waals surface area contributed by atoms with Crippen LogP contribution in [0.25, 0.3) is 0 Å². The predicted octanol–water partition coefficient (Wildman–Crippen LogP) is 2.57. The first-order valence-corrected chi connectivity index (χ1v) is 15.3. The van der Waals surface area contributed by atoms with Gasteiger partial charge in [0.25, 0.3) is 10.0 Å². The number of ether oxygens (including phenoxy) is 1. The number of benzene rings is 1. The minimum Gasteiger partial charge on any atom is -0.466 e. The standard InChI is InChI=1S/C23H34N4O7S2/c1-5-34-23(29)17-7-6-8-19(17)27(12-11-15(2)3)22(28)14-21-24-18-10-9-16(25-35(4,30)31)13-20(18)36(32,33)26-21/h9-10,13,15,17,19,25H,5-8,11-12,14H2,1-4H3,(H,24,26)/t17-,19+/m1/s1. The highest BCUT2D eigenvalue weighted by Gasteiger charge is 2.40. The van der Waals surface area contributed by atoms with Crippen LogP contribution in [0.4, 0.5) is 11.4 Å². The molecule has 200 valence electrons. The fraction of sp³-hybridized carbons (Fsp3) is 0.609. The van der Waals surface area contributed by atoms with E-state index >= 15 is 0 Å². The van der Waals surface area contributed by atoms with Crippen molar-refractivity contribution in [3.05, 3.63) is 18.2 Å². The van der Waals surface area contributed by atoms with Gasteiger partial charge < -0.3 is 15.0 Å². The zero-order valence-electron chi connectivity index (χ0n) is 21.0. The van der Waals surface area contributed by atoms with Crippen LogP contribution >= 0.6 is 0 Å².